The summed E-state index contributed by atoms with van der Waals surface area (Å²) >= 11 is 0. The lowest BCUT2D eigenvalue weighted by Gasteiger charge is -2.37. The Labute approximate surface area is 152 Å². The lowest BCUT2D eigenvalue weighted by molar-refractivity contribution is 0.0664. The molecule has 0 spiro atoms. The van der Waals surface area contributed by atoms with Crippen molar-refractivity contribution in [2.75, 3.05) is 19.6 Å². The summed E-state index contributed by atoms with van der Waals surface area (Å²) in [5.41, 5.74) is 1.30. The van der Waals surface area contributed by atoms with Crippen LogP contribution in [0.2, 0.25) is 0 Å². The largest absolute Gasteiger partial charge is 0.485 e. The van der Waals surface area contributed by atoms with Crippen molar-refractivity contribution in [3.05, 3.63) is 66.2 Å². The van der Waals surface area contributed by atoms with Crippen LogP contribution in [0.25, 0.3) is 0 Å². The highest BCUT2D eigenvalue weighted by Gasteiger charge is 2.29. The summed E-state index contributed by atoms with van der Waals surface area (Å²) in [6, 6.07) is 21.0. The molecule has 0 saturated carbocycles. The highest BCUT2D eigenvalue weighted by molar-refractivity contribution is 5.25. The summed E-state index contributed by atoms with van der Waals surface area (Å²) in [4.78, 5) is 2.65. The van der Waals surface area contributed by atoms with Gasteiger partial charge in [0.1, 0.15) is 11.9 Å². The molecule has 0 aliphatic carbocycles. The van der Waals surface area contributed by atoms with Crippen molar-refractivity contribution in [3.8, 4) is 5.75 Å². The van der Waals surface area contributed by atoms with Crippen molar-refractivity contribution in [1.82, 2.24) is 4.90 Å². The zero-order valence-electron chi connectivity index (χ0n) is 15.4. The van der Waals surface area contributed by atoms with E-state index in [1.54, 1.807) is 0 Å². The fourth-order valence-electron chi connectivity index (χ4n) is 3.85. The van der Waals surface area contributed by atoms with E-state index in [0.29, 0.717) is 5.92 Å². The summed E-state index contributed by atoms with van der Waals surface area (Å²) < 4.78 is 6.49. The van der Waals surface area contributed by atoms with Gasteiger partial charge in [-0.2, -0.15) is 0 Å². The molecule has 0 radical (unpaired) electrons. The third-order valence-electron chi connectivity index (χ3n) is 5.18. The van der Waals surface area contributed by atoms with E-state index in [-0.39, 0.29) is 6.10 Å². The predicted octanol–water partition coefficient (Wildman–Crippen LogP) is 5.71. The molecule has 0 N–H and O–H groups in total. The maximum atomic E-state index is 6.49. The topological polar surface area (TPSA) is 12.5 Å². The number of para-hydroxylation sites is 1. The Hall–Kier alpha value is -1.80. The van der Waals surface area contributed by atoms with Crippen LogP contribution in [-0.2, 0) is 0 Å². The fourth-order valence-corrected chi connectivity index (χ4v) is 3.85. The molecule has 2 aromatic carbocycles. The summed E-state index contributed by atoms with van der Waals surface area (Å²) in [7, 11) is 0. The molecule has 0 aromatic heterocycles. The van der Waals surface area contributed by atoms with Gasteiger partial charge in [-0.15, -0.1) is 0 Å². The number of benzene rings is 2. The summed E-state index contributed by atoms with van der Waals surface area (Å²) in [6.07, 6.45) is 6.61. The van der Waals surface area contributed by atoms with Gasteiger partial charge in [0.15, 0.2) is 0 Å². The van der Waals surface area contributed by atoms with Gasteiger partial charge in [0.05, 0.1) is 0 Å². The Morgan fingerprint density at radius 2 is 1.72 bits per heavy atom. The molecular weight excluding hydrogens is 306 g/mol. The van der Waals surface area contributed by atoms with Gasteiger partial charge in [0.25, 0.3) is 0 Å². The Balaban J connectivity index is 1.72. The summed E-state index contributed by atoms with van der Waals surface area (Å²) in [5.74, 6) is 1.53. The van der Waals surface area contributed by atoms with Crippen molar-refractivity contribution in [2.45, 2.75) is 45.1 Å². The van der Waals surface area contributed by atoms with Gasteiger partial charge in [-0.3, -0.25) is 0 Å². The van der Waals surface area contributed by atoms with Crippen molar-refractivity contribution >= 4 is 0 Å². The number of ether oxygens (including phenoxy) is 1. The minimum Gasteiger partial charge on any atom is -0.485 e. The third kappa shape index (κ3) is 5.34. The molecule has 1 heterocycles. The number of unbranched alkanes of at least 4 members (excludes halogenated alkanes) is 2. The Kier molecular flexibility index (Phi) is 6.93. The molecule has 3 rings (SSSR count). The van der Waals surface area contributed by atoms with Crippen LogP contribution >= 0.6 is 0 Å². The molecule has 0 amide bonds. The first-order valence-corrected chi connectivity index (χ1v) is 9.86. The highest BCUT2D eigenvalue weighted by Crippen LogP contribution is 2.34. The van der Waals surface area contributed by atoms with Gasteiger partial charge in [0, 0.05) is 12.5 Å². The van der Waals surface area contributed by atoms with Crippen LogP contribution in [0.3, 0.4) is 0 Å². The first-order valence-electron chi connectivity index (χ1n) is 9.86. The van der Waals surface area contributed by atoms with Gasteiger partial charge in [-0.25, -0.2) is 0 Å². The second-order valence-electron chi connectivity index (χ2n) is 7.17. The standard InChI is InChI=1S/C23H31NO/c1-2-3-10-17-24-18-11-14-21(19-24)23(20-12-6-4-7-13-20)25-22-15-8-5-9-16-22/h4-9,12-13,15-16,21,23H,2-3,10-11,14,17-19H2,1H3. The maximum Gasteiger partial charge on any atom is 0.128 e. The second kappa shape index (κ2) is 9.62. The molecule has 1 aliphatic heterocycles. The minimum atomic E-state index is 0.137. The SMILES string of the molecule is CCCCCN1CCCC(C(Oc2ccccc2)c2ccccc2)C1. The van der Waals surface area contributed by atoms with Crippen molar-refractivity contribution in [3.63, 3.8) is 0 Å². The van der Waals surface area contributed by atoms with Gasteiger partial charge in [-0.1, -0.05) is 68.3 Å². The molecule has 0 bridgehead atoms. The number of likely N-dealkylation sites (tertiary alicyclic amines) is 1. The average molecular weight is 338 g/mol. The molecule has 2 heteroatoms. The molecule has 1 fully saturated rings. The van der Waals surface area contributed by atoms with E-state index in [4.69, 9.17) is 4.74 Å². The van der Waals surface area contributed by atoms with E-state index in [1.807, 2.05) is 6.07 Å². The number of hydrogen-bond acceptors (Lipinski definition) is 2. The van der Waals surface area contributed by atoms with Crippen LogP contribution in [0.5, 0.6) is 5.75 Å². The van der Waals surface area contributed by atoms with Crippen LogP contribution in [0.1, 0.15) is 50.7 Å². The van der Waals surface area contributed by atoms with Crippen molar-refractivity contribution in [1.29, 1.82) is 0 Å². The number of nitrogens with zero attached hydrogens (tertiary/aromatic N) is 1. The second-order valence-corrected chi connectivity index (χ2v) is 7.17. The molecular formula is C23H31NO. The fraction of sp³-hybridized carbons (Fsp3) is 0.478. The van der Waals surface area contributed by atoms with E-state index < -0.39 is 0 Å². The van der Waals surface area contributed by atoms with Crippen LogP contribution in [-0.4, -0.2) is 24.5 Å². The monoisotopic (exact) mass is 337 g/mol. The molecule has 2 atom stereocenters. The van der Waals surface area contributed by atoms with Gasteiger partial charge in [-0.05, 0) is 50.0 Å². The molecule has 1 aliphatic rings. The predicted molar refractivity (Wildman–Crippen MR) is 105 cm³/mol. The molecule has 2 nitrogen and oxygen atoms in total. The molecule has 1 saturated heterocycles. The zero-order chi connectivity index (χ0) is 17.3. The molecule has 134 valence electrons. The van der Waals surface area contributed by atoms with Gasteiger partial charge >= 0.3 is 0 Å². The Morgan fingerprint density at radius 3 is 2.44 bits per heavy atom. The van der Waals surface area contributed by atoms with Crippen LogP contribution < -0.4 is 4.74 Å². The van der Waals surface area contributed by atoms with E-state index >= 15 is 0 Å². The molecule has 2 unspecified atom stereocenters. The smallest absolute Gasteiger partial charge is 0.128 e. The maximum absolute atomic E-state index is 6.49. The highest BCUT2D eigenvalue weighted by atomic mass is 16.5. The van der Waals surface area contributed by atoms with Gasteiger partial charge in [0.2, 0.25) is 0 Å². The van der Waals surface area contributed by atoms with Crippen LogP contribution in [0.4, 0.5) is 0 Å². The zero-order valence-corrected chi connectivity index (χ0v) is 15.4. The first-order chi connectivity index (χ1) is 12.4. The number of rotatable bonds is 8. The number of hydrogen-bond donors (Lipinski definition) is 0. The lowest BCUT2D eigenvalue weighted by Crippen LogP contribution is -2.39. The third-order valence-corrected chi connectivity index (χ3v) is 5.18. The van der Waals surface area contributed by atoms with Crippen LogP contribution in [0, 0.1) is 5.92 Å². The first kappa shape index (κ1) is 18.0. The van der Waals surface area contributed by atoms with E-state index in [2.05, 4.69) is 66.4 Å². The van der Waals surface area contributed by atoms with E-state index in [1.165, 1.54) is 50.8 Å². The van der Waals surface area contributed by atoms with Crippen molar-refractivity contribution in [2.24, 2.45) is 5.92 Å². The van der Waals surface area contributed by atoms with Crippen LogP contribution in [0.15, 0.2) is 60.7 Å². The summed E-state index contributed by atoms with van der Waals surface area (Å²) in [5, 5.41) is 0. The Morgan fingerprint density at radius 1 is 1.00 bits per heavy atom. The lowest BCUT2D eigenvalue weighted by atomic mass is 9.88. The quantitative estimate of drug-likeness (QED) is 0.572. The number of piperidine rings is 1. The minimum absolute atomic E-state index is 0.137. The van der Waals surface area contributed by atoms with Gasteiger partial charge < -0.3 is 9.64 Å². The Bertz CT molecular complexity index is 598. The molecule has 25 heavy (non-hydrogen) atoms. The summed E-state index contributed by atoms with van der Waals surface area (Å²) in [6.45, 7) is 5.90. The van der Waals surface area contributed by atoms with E-state index in [9.17, 15) is 0 Å². The molecule has 2 aromatic rings. The average Bonchev–Trinajstić information content (AvgIpc) is 2.68. The van der Waals surface area contributed by atoms with Crippen molar-refractivity contribution < 1.29 is 4.74 Å². The van der Waals surface area contributed by atoms with E-state index in [0.717, 1.165) is 12.3 Å². The normalized spacial score (nSPS) is 19.5.